The summed E-state index contributed by atoms with van der Waals surface area (Å²) in [7, 11) is 0. The molecule has 0 aliphatic carbocycles. The van der Waals surface area contributed by atoms with E-state index in [9.17, 15) is 0 Å². The van der Waals surface area contributed by atoms with Gasteiger partial charge in [-0.3, -0.25) is 0 Å². The molecule has 0 rings (SSSR count). The van der Waals surface area contributed by atoms with Gasteiger partial charge in [0.25, 0.3) is 0 Å². The average Bonchev–Trinajstić information content (AvgIpc) is 1.62. The van der Waals surface area contributed by atoms with Crippen molar-refractivity contribution in [1.82, 2.24) is 0 Å². The Labute approximate surface area is 99.9 Å². The molecule has 7 heteroatoms. The maximum absolute atomic E-state index is 5.40. The van der Waals surface area contributed by atoms with Gasteiger partial charge in [-0.2, -0.15) is 11.6 Å². The summed E-state index contributed by atoms with van der Waals surface area (Å²) >= 11 is 31.7. The summed E-state index contributed by atoms with van der Waals surface area (Å²) in [6.07, 6.45) is 0. The first kappa shape index (κ1) is 14.8. The van der Waals surface area contributed by atoms with Crippen LogP contribution in [0.2, 0.25) is 0 Å². The predicted octanol–water partition coefficient (Wildman–Crippen LogP) is 3.93. The Morgan fingerprint density at radius 3 is 1.40 bits per heavy atom. The van der Waals surface area contributed by atoms with Crippen LogP contribution in [0.1, 0.15) is 0 Å². The van der Waals surface area contributed by atoms with Gasteiger partial charge in [0.1, 0.15) is 0 Å². The standard InChI is InChI=1S/C3HCl6.Cu/c4-1(2(5)6)3(7,8)9;/h1H;/q-1;+1. The summed E-state index contributed by atoms with van der Waals surface area (Å²) in [5.41, 5.74) is 0. The summed E-state index contributed by atoms with van der Waals surface area (Å²) in [5.74, 6) is 0. The first-order chi connectivity index (χ1) is 3.85. The molecule has 0 spiro atoms. The van der Waals surface area contributed by atoms with Gasteiger partial charge < -0.3 is 23.2 Å². The Morgan fingerprint density at radius 1 is 1.10 bits per heavy atom. The van der Waals surface area contributed by atoms with E-state index in [4.69, 9.17) is 69.6 Å². The van der Waals surface area contributed by atoms with E-state index in [1.54, 1.807) is 0 Å². The van der Waals surface area contributed by atoms with Gasteiger partial charge in [-0.05, 0) is 5.38 Å². The summed E-state index contributed by atoms with van der Waals surface area (Å²) in [6, 6.07) is 0. The quantitative estimate of drug-likeness (QED) is 0.391. The zero-order valence-corrected chi connectivity index (χ0v) is 9.62. The SMILES string of the molecule is Cl[C-](Cl)C(Cl)C(Cl)(Cl)Cl.[Cu+]. The zero-order chi connectivity index (χ0) is 7.65. The monoisotopic (exact) mass is 310 g/mol. The number of halogens is 6. The Balaban J connectivity index is 0. The molecule has 0 aliphatic heterocycles. The van der Waals surface area contributed by atoms with Gasteiger partial charge in [-0.15, -0.1) is 4.84 Å². The third kappa shape index (κ3) is 5.85. The Hall–Kier alpha value is 2.26. The van der Waals surface area contributed by atoms with Crippen LogP contribution in [-0.4, -0.2) is 9.17 Å². The van der Waals surface area contributed by atoms with E-state index in [0.717, 1.165) is 0 Å². The van der Waals surface area contributed by atoms with Crippen molar-refractivity contribution in [2.24, 2.45) is 0 Å². The van der Waals surface area contributed by atoms with E-state index >= 15 is 0 Å². The molecule has 0 bridgehead atoms. The Morgan fingerprint density at radius 2 is 1.40 bits per heavy atom. The number of alkyl halides is 4. The molecule has 0 fully saturated rings. The van der Waals surface area contributed by atoms with E-state index in [1.165, 1.54) is 0 Å². The van der Waals surface area contributed by atoms with Crippen molar-refractivity contribution < 1.29 is 17.1 Å². The molecule has 66 valence electrons. The number of rotatable bonds is 1. The first-order valence-electron chi connectivity index (χ1n) is 1.74. The van der Waals surface area contributed by atoms with Crippen molar-refractivity contribution in [1.29, 1.82) is 0 Å². The topological polar surface area (TPSA) is 0 Å². The molecule has 0 aromatic rings. The molecule has 0 nitrogen and oxygen atoms in total. The molecular formula is C3HCl6Cu. The fourth-order valence-electron chi connectivity index (χ4n) is 0.124. The number of hydrogen-bond acceptors (Lipinski definition) is 0. The van der Waals surface area contributed by atoms with Gasteiger partial charge >= 0.3 is 17.1 Å². The van der Waals surface area contributed by atoms with Gasteiger partial charge in [0.05, 0.1) is 0 Å². The van der Waals surface area contributed by atoms with Gasteiger partial charge in [0.15, 0.2) is 3.79 Å². The second-order valence-corrected chi connectivity index (χ2v) is 5.01. The molecule has 0 N–H and O–H groups in total. The van der Waals surface area contributed by atoms with Crippen LogP contribution in [0, 0.1) is 4.84 Å². The molecule has 1 unspecified atom stereocenters. The molecule has 0 radical (unpaired) electrons. The summed E-state index contributed by atoms with van der Waals surface area (Å²) < 4.78 is -1.64. The van der Waals surface area contributed by atoms with Crippen LogP contribution in [0.25, 0.3) is 0 Å². The molecule has 0 aliphatic rings. The van der Waals surface area contributed by atoms with Crippen LogP contribution < -0.4 is 0 Å². The van der Waals surface area contributed by atoms with Crippen molar-refractivity contribution in [3.05, 3.63) is 4.84 Å². The predicted molar refractivity (Wildman–Crippen MR) is 44.9 cm³/mol. The molecule has 0 amide bonds. The minimum atomic E-state index is -1.64. The van der Waals surface area contributed by atoms with E-state index in [-0.39, 0.29) is 21.9 Å². The van der Waals surface area contributed by atoms with E-state index in [2.05, 4.69) is 0 Å². The maximum atomic E-state index is 5.40. The zero-order valence-electron chi connectivity index (χ0n) is 4.15. The van der Waals surface area contributed by atoms with Crippen LogP contribution in [0.4, 0.5) is 0 Å². The van der Waals surface area contributed by atoms with Gasteiger partial charge in [0.2, 0.25) is 0 Å². The number of hydrogen-bond donors (Lipinski definition) is 0. The Bertz CT molecular complexity index is 87.5. The molecular weight excluding hydrogens is 312 g/mol. The summed E-state index contributed by atoms with van der Waals surface area (Å²) in [4.78, 5) is -0.156. The maximum Gasteiger partial charge on any atom is 1.00 e. The first-order valence-corrected chi connectivity index (χ1v) is 4.07. The van der Waals surface area contributed by atoms with Crippen molar-refractivity contribution in [2.75, 3.05) is 0 Å². The minimum Gasteiger partial charge on any atom is -0.328 e. The summed E-state index contributed by atoms with van der Waals surface area (Å²) in [6.45, 7) is 0. The third-order valence-electron chi connectivity index (χ3n) is 0.479. The van der Waals surface area contributed by atoms with Gasteiger partial charge in [-0.25, -0.2) is 0 Å². The molecule has 0 aromatic carbocycles. The third-order valence-corrected chi connectivity index (χ3v) is 2.67. The summed E-state index contributed by atoms with van der Waals surface area (Å²) in [5, 5.41) is -0.967. The van der Waals surface area contributed by atoms with Crippen molar-refractivity contribution in [3.63, 3.8) is 0 Å². The molecule has 0 aromatic heterocycles. The van der Waals surface area contributed by atoms with E-state index < -0.39 is 9.17 Å². The molecule has 0 saturated carbocycles. The van der Waals surface area contributed by atoms with Crippen molar-refractivity contribution >= 4 is 69.6 Å². The Kier molecular flexibility index (Phi) is 8.61. The molecule has 0 heterocycles. The van der Waals surface area contributed by atoms with Crippen LogP contribution >= 0.6 is 69.6 Å². The van der Waals surface area contributed by atoms with E-state index in [1.807, 2.05) is 0 Å². The molecule has 1 atom stereocenters. The van der Waals surface area contributed by atoms with E-state index in [0.29, 0.717) is 0 Å². The fourth-order valence-corrected chi connectivity index (χ4v) is 1.11. The largest absolute Gasteiger partial charge is 1.00 e. The average molecular weight is 313 g/mol. The van der Waals surface area contributed by atoms with Crippen LogP contribution in [0.3, 0.4) is 0 Å². The normalized spacial score (nSPS) is 14.7. The van der Waals surface area contributed by atoms with Crippen LogP contribution in [-0.2, 0) is 17.1 Å². The molecule has 0 saturated heterocycles. The smallest absolute Gasteiger partial charge is 0.328 e. The van der Waals surface area contributed by atoms with Gasteiger partial charge in [0, 0.05) is 0 Å². The van der Waals surface area contributed by atoms with Crippen LogP contribution in [0.15, 0.2) is 0 Å². The van der Waals surface area contributed by atoms with Crippen molar-refractivity contribution in [2.45, 2.75) is 9.17 Å². The van der Waals surface area contributed by atoms with Crippen LogP contribution in [0.5, 0.6) is 0 Å². The molecule has 10 heavy (non-hydrogen) atoms. The second kappa shape index (κ2) is 5.83. The fraction of sp³-hybridized carbons (Fsp3) is 0.667. The van der Waals surface area contributed by atoms with Crippen molar-refractivity contribution in [3.8, 4) is 0 Å². The van der Waals surface area contributed by atoms with Gasteiger partial charge in [-0.1, -0.05) is 34.8 Å². The minimum absolute atomic E-state index is 0. The second-order valence-electron chi connectivity index (χ2n) is 1.19.